The number of hydrogen-bond acceptors (Lipinski definition) is 3. The second-order valence-electron chi connectivity index (χ2n) is 5.66. The fourth-order valence-electron chi connectivity index (χ4n) is 2.89. The molecule has 2 heterocycles. The van der Waals surface area contributed by atoms with Gasteiger partial charge in [0.2, 0.25) is 5.88 Å². The van der Waals surface area contributed by atoms with Gasteiger partial charge in [0.1, 0.15) is 0 Å². The molecule has 3 rings (SSSR count). The Bertz CT molecular complexity index is 670. The van der Waals surface area contributed by atoms with Crippen LogP contribution in [0, 0.1) is 17.6 Å². The molecule has 3 nitrogen and oxygen atoms in total. The van der Waals surface area contributed by atoms with Gasteiger partial charge < -0.3 is 10.1 Å². The number of benzene rings is 1. The number of rotatable bonds is 4. The molecule has 0 spiro atoms. The summed E-state index contributed by atoms with van der Waals surface area (Å²) < 4.78 is 32.4. The molecule has 0 radical (unpaired) electrons. The summed E-state index contributed by atoms with van der Waals surface area (Å²) in [5, 5.41) is 3.85. The highest BCUT2D eigenvalue weighted by Crippen LogP contribution is 2.30. The van der Waals surface area contributed by atoms with Crippen molar-refractivity contribution in [3.05, 3.63) is 58.7 Å². The van der Waals surface area contributed by atoms with Gasteiger partial charge >= 0.3 is 0 Å². The SMILES string of the molecule is Cl.Fc1ccc(C2CNCCC2COc2ccc(Cl)cn2)cc1F. The molecule has 2 unspecified atom stereocenters. The molecule has 1 saturated heterocycles. The van der Waals surface area contributed by atoms with E-state index < -0.39 is 11.6 Å². The fourth-order valence-corrected chi connectivity index (χ4v) is 3.00. The molecule has 2 atom stereocenters. The minimum Gasteiger partial charge on any atom is -0.477 e. The molecular formula is C17H18Cl2F2N2O. The molecule has 1 aliphatic rings. The van der Waals surface area contributed by atoms with Gasteiger partial charge in [0.25, 0.3) is 0 Å². The molecule has 2 aromatic rings. The molecule has 1 N–H and O–H groups in total. The fraction of sp³-hybridized carbons (Fsp3) is 0.353. The zero-order valence-electron chi connectivity index (χ0n) is 12.8. The highest BCUT2D eigenvalue weighted by Gasteiger charge is 2.27. The number of ether oxygens (including phenoxy) is 1. The van der Waals surface area contributed by atoms with Crippen LogP contribution >= 0.6 is 24.0 Å². The number of nitrogens with one attached hydrogen (secondary N) is 1. The van der Waals surface area contributed by atoms with Crippen molar-refractivity contribution in [2.45, 2.75) is 12.3 Å². The van der Waals surface area contributed by atoms with E-state index in [0.29, 0.717) is 24.1 Å². The minimum absolute atomic E-state index is 0. The Kier molecular flexibility index (Phi) is 6.78. The summed E-state index contributed by atoms with van der Waals surface area (Å²) in [6, 6.07) is 7.54. The monoisotopic (exact) mass is 374 g/mol. The Morgan fingerprint density at radius 3 is 2.75 bits per heavy atom. The van der Waals surface area contributed by atoms with Crippen LogP contribution in [-0.2, 0) is 0 Å². The van der Waals surface area contributed by atoms with Crippen LogP contribution in [0.15, 0.2) is 36.5 Å². The maximum Gasteiger partial charge on any atom is 0.213 e. The Balaban J connectivity index is 0.00000208. The van der Waals surface area contributed by atoms with Crippen molar-refractivity contribution in [1.29, 1.82) is 0 Å². The lowest BCUT2D eigenvalue weighted by Gasteiger charge is -2.32. The lowest BCUT2D eigenvalue weighted by Crippen LogP contribution is -2.37. The number of piperidine rings is 1. The van der Waals surface area contributed by atoms with E-state index in [1.54, 1.807) is 18.2 Å². The third-order valence-electron chi connectivity index (χ3n) is 4.14. The summed E-state index contributed by atoms with van der Waals surface area (Å²) in [5.41, 5.74) is 0.786. The Morgan fingerprint density at radius 2 is 2.04 bits per heavy atom. The highest BCUT2D eigenvalue weighted by molar-refractivity contribution is 6.30. The summed E-state index contributed by atoms with van der Waals surface area (Å²) >= 11 is 5.80. The summed E-state index contributed by atoms with van der Waals surface area (Å²) in [6.45, 7) is 2.06. The van der Waals surface area contributed by atoms with Gasteiger partial charge in [0, 0.05) is 30.6 Å². The number of pyridine rings is 1. The van der Waals surface area contributed by atoms with Gasteiger partial charge in [-0.3, -0.25) is 0 Å². The van der Waals surface area contributed by atoms with Crippen molar-refractivity contribution in [1.82, 2.24) is 10.3 Å². The molecule has 1 aromatic carbocycles. The molecule has 1 aromatic heterocycles. The first kappa shape index (κ1) is 18.9. The van der Waals surface area contributed by atoms with Crippen molar-refractivity contribution in [2.24, 2.45) is 5.92 Å². The van der Waals surface area contributed by atoms with Crippen LogP contribution in [0.2, 0.25) is 5.02 Å². The second-order valence-corrected chi connectivity index (χ2v) is 6.10. The van der Waals surface area contributed by atoms with Crippen molar-refractivity contribution < 1.29 is 13.5 Å². The summed E-state index contributed by atoms with van der Waals surface area (Å²) in [5.74, 6) is -0.843. The van der Waals surface area contributed by atoms with E-state index >= 15 is 0 Å². The molecule has 0 aliphatic carbocycles. The first-order valence-electron chi connectivity index (χ1n) is 7.53. The smallest absolute Gasteiger partial charge is 0.213 e. The van der Waals surface area contributed by atoms with E-state index in [9.17, 15) is 8.78 Å². The number of hydrogen-bond donors (Lipinski definition) is 1. The lowest BCUT2D eigenvalue weighted by molar-refractivity contribution is 0.188. The number of halogens is 4. The summed E-state index contributed by atoms with van der Waals surface area (Å²) in [7, 11) is 0. The van der Waals surface area contributed by atoms with Crippen LogP contribution < -0.4 is 10.1 Å². The zero-order valence-corrected chi connectivity index (χ0v) is 14.4. The van der Waals surface area contributed by atoms with Gasteiger partial charge in [-0.25, -0.2) is 13.8 Å². The molecule has 7 heteroatoms. The van der Waals surface area contributed by atoms with Crippen LogP contribution in [0.25, 0.3) is 0 Å². The number of aromatic nitrogens is 1. The maximum atomic E-state index is 13.5. The van der Waals surface area contributed by atoms with E-state index in [2.05, 4.69) is 10.3 Å². The largest absolute Gasteiger partial charge is 0.477 e. The van der Waals surface area contributed by atoms with Crippen molar-refractivity contribution in [3.63, 3.8) is 0 Å². The van der Waals surface area contributed by atoms with Crippen LogP contribution in [0.3, 0.4) is 0 Å². The third-order valence-corrected chi connectivity index (χ3v) is 4.37. The van der Waals surface area contributed by atoms with Gasteiger partial charge in [-0.1, -0.05) is 17.7 Å². The second kappa shape index (κ2) is 8.60. The van der Waals surface area contributed by atoms with Crippen LogP contribution in [0.4, 0.5) is 8.78 Å². The average Bonchev–Trinajstić information content (AvgIpc) is 2.57. The van der Waals surface area contributed by atoms with Gasteiger partial charge in [0.05, 0.1) is 11.6 Å². The number of nitrogens with zero attached hydrogens (tertiary/aromatic N) is 1. The highest BCUT2D eigenvalue weighted by atomic mass is 35.5. The standard InChI is InChI=1S/C17H17ClF2N2O.ClH/c18-13-2-4-17(22-8-13)23-10-12-5-6-21-9-14(12)11-1-3-15(19)16(20)7-11;/h1-4,7-8,12,14,21H,5-6,9-10H2;1H. The average molecular weight is 375 g/mol. The Labute approximate surface area is 150 Å². The van der Waals surface area contributed by atoms with Crippen molar-refractivity contribution >= 4 is 24.0 Å². The normalized spacial score (nSPS) is 20.3. The van der Waals surface area contributed by atoms with Gasteiger partial charge in [-0.15, -0.1) is 12.4 Å². The van der Waals surface area contributed by atoms with E-state index in [0.717, 1.165) is 18.5 Å². The molecule has 0 saturated carbocycles. The first-order chi connectivity index (χ1) is 11.1. The minimum atomic E-state index is -0.823. The quantitative estimate of drug-likeness (QED) is 0.870. The summed E-state index contributed by atoms with van der Waals surface area (Å²) in [4.78, 5) is 4.11. The molecule has 1 aliphatic heterocycles. The van der Waals surface area contributed by atoms with E-state index in [1.165, 1.54) is 18.3 Å². The zero-order chi connectivity index (χ0) is 16.2. The molecular weight excluding hydrogens is 357 g/mol. The molecule has 1 fully saturated rings. The first-order valence-corrected chi connectivity index (χ1v) is 7.91. The van der Waals surface area contributed by atoms with Gasteiger partial charge in [-0.2, -0.15) is 0 Å². The molecule has 130 valence electrons. The van der Waals surface area contributed by atoms with Gasteiger partial charge in [-0.05, 0) is 36.7 Å². The van der Waals surface area contributed by atoms with E-state index in [-0.39, 0.29) is 24.2 Å². The topological polar surface area (TPSA) is 34.1 Å². The predicted molar refractivity (Wildman–Crippen MR) is 92.1 cm³/mol. The van der Waals surface area contributed by atoms with Crippen LogP contribution in [-0.4, -0.2) is 24.7 Å². The van der Waals surface area contributed by atoms with Crippen LogP contribution in [0.1, 0.15) is 17.9 Å². The van der Waals surface area contributed by atoms with Crippen LogP contribution in [0.5, 0.6) is 5.88 Å². The van der Waals surface area contributed by atoms with E-state index in [4.69, 9.17) is 16.3 Å². The van der Waals surface area contributed by atoms with Crippen molar-refractivity contribution in [3.8, 4) is 5.88 Å². The third kappa shape index (κ3) is 4.56. The van der Waals surface area contributed by atoms with Gasteiger partial charge in [0.15, 0.2) is 11.6 Å². The molecule has 0 bridgehead atoms. The predicted octanol–water partition coefficient (Wildman–Crippen LogP) is 4.21. The van der Waals surface area contributed by atoms with Crippen molar-refractivity contribution in [2.75, 3.05) is 19.7 Å². The maximum absolute atomic E-state index is 13.5. The lowest BCUT2D eigenvalue weighted by atomic mass is 9.82. The Morgan fingerprint density at radius 1 is 1.21 bits per heavy atom. The van der Waals surface area contributed by atoms with E-state index in [1.807, 2.05) is 0 Å². The molecule has 24 heavy (non-hydrogen) atoms. The molecule has 0 amide bonds. The summed E-state index contributed by atoms with van der Waals surface area (Å²) in [6.07, 6.45) is 2.43. The Hall–Kier alpha value is -1.43.